The number of aromatic nitrogens is 2. The first-order valence-electron chi connectivity index (χ1n) is 12.6. The van der Waals surface area contributed by atoms with E-state index in [1.807, 2.05) is 28.8 Å². The number of amides is 1. The quantitative estimate of drug-likeness (QED) is 0.486. The minimum absolute atomic E-state index is 0.0984. The molecule has 2 aromatic carbocycles. The Kier molecular flexibility index (Phi) is 6.95. The number of hydrogen-bond acceptors (Lipinski definition) is 3. The zero-order chi connectivity index (χ0) is 24.4. The van der Waals surface area contributed by atoms with Crippen LogP contribution in [0, 0.1) is 17.6 Å². The highest BCUT2D eigenvalue weighted by Crippen LogP contribution is 2.29. The molecule has 0 radical (unpaired) electrons. The summed E-state index contributed by atoms with van der Waals surface area (Å²) >= 11 is 0. The standard InChI is InChI=1S/C28H32F2N4O/c1-32(28(35)20-7-3-2-4-8-20)19-26-24-18-33(17-21-9-5-6-10-25(21)30)16-15-27(24)34(31-26)23-13-11-22(29)12-14-23/h5-6,9-14,20H,2-4,7-8,15-19H2,1H3. The SMILES string of the molecule is CN(Cc1nn(-c2ccc(F)cc2)c2c1CN(Cc1ccccc1F)CC2)C(=O)C1CCCCC1. The topological polar surface area (TPSA) is 41.4 Å². The summed E-state index contributed by atoms with van der Waals surface area (Å²) in [6, 6.07) is 13.2. The largest absolute Gasteiger partial charge is 0.340 e. The number of halogens is 2. The third-order valence-corrected chi connectivity index (χ3v) is 7.36. The molecule has 1 amide bonds. The Bertz CT molecular complexity index is 1180. The van der Waals surface area contributed by atoms with Crippen LogP contribution in [0.5, 0.6) is 0 Å². The van der Waals surface area contributed by atoms with Gasteiger partial charge in [0.25, 0.3) is 0 Å². The summed E-state index contributed by atoms with van der Waals surface area (Å²) in [5, 5.41) is 4.92. The van der Waals surface area contributed by atoms with Crippen molar-refractivity contribution in [3.05, 3.63) is 82.7 Å². The van der Waals surface area contributed by atoms with Gasteiger partial charge in [0.15, 0.2) is 0 Å². The van der Waals surface area contributed by atoms with Crippen molar-refractivity contribution in [3.8, 4) is 5.69 Å². The van der Waals surface area contributed by atoms with Gasteiger partial charge in [0.2, 0.25) is 5.91 Å². The van der Waals surface area contributed by atoms with Crippen LogP contribution in [0.25, 0.3) is 5.69 Å². The number of hydrogen-bond donors (Lipinski definition) is 0. The molecule has 1 aromatic heterocycles. The predicted octanol–water partition coefficient (Wildman–Crippen LogP) is 5.25. The molecule has 1 saturated carbocycles. The van der Waals surface area contributed by atoms with Crippen molar-refractivity contribution in [1.82, 2.24) is 19.6 Å². The molecule has 1 aliphatic carbocycles. The molecule has 0 saturated heterocycles. The molecule has 1 fully saturated rings. The van der Waals surface area contributed by atoms with Gasteiger partial charge >= 0.3 is 0 Å². The molecule has 0 spiro atoms. The number of nitrogens with zero attached hydrogens (tertiary/aromatic N) is 4. The molecule has 0 bridgehead atoms. The molecule has 35 heavy (non-hydrogen) atoms. The van der Waals surface area contributed by atoms with Crippen molar-refractivity contribution in [2.75, 3.05) is 13.6 Å². The van der Waals surface area contributed by atoms with Gasteiger partial charge in [-0.15, -0.1) is 0 Å². The summed E-state index contributed by atoms with van der Waals surface area (Å²) in [5.41, 5.74) is 4.50. The van der Waals surface area contributed by atoms with Crippen molar-refractivity contribution in [2.45, 2.75) is 58.2 Å². The summed E-state index contributed by atoms with van der Waals surface area (Å²) in [6.45, 7) is 2.35. The van der Waals surface area contributed by atoms with Gasteiger partial charge in [-0.1, -0.05) is 37.5 Å². The maximum atomic E-state index is 14.3. The maximum absolute atomic E-state index is 14.3. The number of fused-ring (bicyclic) bond motifs is 1. The Morgan fingerprint density at radius 2 is 1.80 bits per heavy atom. The average Bonchev–Trinajstić information content (AvgIpc) is 3.23. The highest BCUT2D eigenvalue weighted by molar-refractivity contribution is 5.78. The first-order chi connectivity index (χ1) is 17.0. The van der Waals surface area contributed by atoms with E-state index in [-0.39, 0.29) is 23.5 Å². The number of benzene rings is 2. The Balaban J connectivity index is 1.42. The number of carbonyl (C=O) groups excluding carboxylic acids is 1. The first kappa shape index (κ1) is 23.7. The second kappa shape index (κ2) is 10.3. The van der Waals surface area contributed by atoms with Crippen LogP contribution >= 0.6 is 0 Å². The molecule has 5 nitrogen and oxygen atoms in total. The van der Waals surface area contributed by atoms with Gasteiger partial charge in [0.05, 0.1) is 23.6 Å². The maximum Gasteiger partial charge on any atom is 0.225 e. The summed E-state index contributed by atoms with van der Waals surface area (Å²) in [5.74, 6) is -0.197. The van der Waals surface area contributed by atoms with E-state index in [4.69, 9.17) is 5.10 Å². The molecule has 5 rings (SSSR count). The van der Waals surface area contributed by atoms with Crippen LogP contribution < -0.4 is 0 Å². The summed E-state index contributed by atoms with van der Waals surface area (Å²) in [4.78, 5) is 17.2. The van der Waals surface area contributed by atoms with Gasteiger partial charge in [-0.05, 0) is 43.2 Å². The monoisotopic (exact) mass is 478 g/mol. The molecule has 184 valence electrons. The van der Waals surface area contributed by atoms with Gasteiger partial charge in [-0.2, -0.15) is 5.10 Å². The third-order valence-electron chi connectivity index (χ3n) is 7.36. The van der Waals surface area contributed by atoms with E-state index >= 15 is 0 Å². The Morgan fingerprint density at radius 3 is 2.54 bits per heavy atom. The van der Waals surface area contributed by atoms with Crippen molar-refractivity contribution < 1.29 is 13.6 Å². The van der Waals surface area contributed by atoms with E-state index in [1.165, 1.54) is 24.6 Å². The van der Waals surface area contributed by atoms with Crippen LogP contribution in [0.2, 0.25) is 0 Å². The summed E-state index contributed by atoms with van der Waals surface area (Å²) in [6.07, 6.45) is 6.10. The lowest BCUT2D eigenvalue weighted by atomic mass is 9.88. The van der Waals surface area contributed by atoms with Gasteiger partial charge in [-0.25, -0.2) is 13.5 Å². The molecule has 0 N–H and O–H groups in total. The molecular weight excluding hydrogens is 446 g/mol. The first-order valence-corrected chi connectivity index (χ1v) is 12.6. The molecule has 0 atom stereocenters. The Morgan fingerprint density at radius 1 is 1.06 bits per heavy atom. The molecule has 1 aliphatic heterocycles. The second-order valence-corrected chi connectivity index (χ2v) is 9.84. The minimum atomic E-state index is -0.288. The van der Waals surface area contributed by atoms with E-state index in [0.29, 0.717) is 25.2 Å². The lowest BCUT2D eigenvalue weighted by Crippen LogP contribution is -2.35. The average molecular weight is 479 g/mol. The fourth-order valence-electron chi connectivity index (χ4n) is 5.43. The van der Waals surface area contributed by atoms with E-state index in [0.717, 1.165) is 61.3 Å². The van der Waals surface area contributed by atoms with Crippen molar-refractivity contribution >= 4 is 5.91 Å². The van der Waals surface area contributed by atoms with E-state index in [9.17, 15) is 13.6 Å². The highest BCUT2D eigenvalue weighted by atomic mass is 19.1. The zero-order valence-electron chi connectivity index (χ0n) is 20.2. The van der Waals surface area contributed by atoms with Gasteiger partial charge in [-0.3, -0.25) is 9.69 Å². The normalized spacial score (nSPS) is 16.8. The minimum Gasteiger partial charge on any atom is -0.340 e. The molecular formula is C28H32F2N4O. The molecule has 2 aliphatic rings. The summed E-state index contributed by atoms with van der Waals surface area (Å²) in [7, 11) is 1.86. The molecule has 3 aromatic rings. The van der Waals surface area contributed by atoms with E-state index in [1.54, 1.807) is 18.2 Å². The van der Waals surface area contributed by atoms with Gasteiger partial charge < -0.3 is 4.90 Å². The van der Waals surface area contributed by atoms with Crippen molar-refractivity contribution in [3.63, 3.8) is 0 Å². The van der Waals surface area contributed by atoms with E-state index in [2.05, 4.69) is 4.90 Å². The third kappa shape index (κ3) is 5.15. The highest BCUT2D eigenvalue weighted by Gasteiger charge is 2.29. The molecule has 0 unspecified atom stereocenters. The predicted molar refractivity (Wildman–Crippen MR) is 131 cm³/mol. The van der Waals surface area contributed by atoms with Crippen LogP contribution in [0.1, 0.15) is 54.6 Å². The van der Waals surface area contributed by atoms with E-state index < -0.39 is 0 Å². The fourth-order valence-corrected chi connectivity index (χ4v) is 5.43. The second-order valence-electron chi connectivity index (χ2n) is 9.84. The lowest BCUT2D eigenvalue weighted by Gasteiger charge is -2.29. The van der Waals surface area contributed by atoms with Gasteiger partial charge in [0, 0.05) is 50.1 Å². The van der Waals surface area contributed by atoms with Crippen molar-refractivity contribution in [1.29, 1.82) is 0 Å². The smallest absolute Gasteiger partial charge is 0.225 e. The number of rotatable bonds is 6. The Hall–Kier alpha value is -3.06. The lowest BCUT2D eigenvalue weighted by molar-refractivity contribution is -0.135. The van der Waals surface area contributed by atoms with Crippen LogP contribution in [-0.2, 0) is 30.8 Å². The van der Waals surface area contributed by atoms with Crippen LogP contribution in [0.15, 0.2) is 48.5 Å². The fraction of sp³-hybridized carbons (Fsp3) is 0.429. The molecule has 7 heteroatoms. The summed E-state index contributed by atoms with van der Waals surface area (Å²) < 4.78 is 29.8. The van der Waals surface area contributed by atoms with Gasteiger partial charge in [0.1, 0.15) is 11.6 Å². The Labute approximate surface area is 205 Å². The zero-order valence-corrected chi connectivity index (χ0v) is 20.2. The van der Waals surface area contributed by atoms with Crippen LogP contribution in [0.3, 0.4) is 0 Å². The van der Waals surface area contributed by atoms with Crippen LogP contribution in [-0.4, -0.2) is 39.1 Å². The van der Waals surface area contributed by atoms with Crippen LogP contribution in [0.4, 0.5) is 8.78 Å². The molecule has 2 heterocycles. The number of carbonyl (C=O) groups is 1. The van der Waals surface area contributed by atoms with Crippen molar-refractivity contribution in [2.24, 2.45) is 5.92 Å².